The third-order valence-electron chi connectivity index (χ3n) is 4.48. The van der Waals surface area contributed by atoms with E-state index in [1.807, 2.05) is 38.1 Å². The van der Waals surface area contributed by atoms with Crippen LogP contribution in [0.2, 0.25) is 0 Å². The van der Waals surface area contributed by atoms with Gasteiger partial charge < -0.3 is 9.84 Å². The Bertz CT molecular complexity index is 471. The highest BCUT2D eigenvalue weighted by atomic mass is 16.5. The van der Waals surface area contributed by atoms with Crippen LogP contribution in [0.25, 0.3) is 0 Å². The summed E-state index contributed by atoms with van der Waals surface area (Å²) in [4.78, 5) is 13.7. The molecule has 21 heavy (non-hydrogen) atoms. The van der Waals surface area contributed by atoms with Crippen LogP contribution in [0.4, 0.5) is 0 Å². The van der Waals surface area contributed by atoms with Crippen LogP contribution in [0, 0.1) is 12.3 Å². The fourth-order valence-corrected chi connectivity index (χ4v) is 2.96. The SMILES string of the molecule is CCC1(C(=O)O)CCCN(CCOc2ccc(C)cc2)C1. The highest BCUT2D eigenvalue weighted by Crippen LogP contribution is 2.33. The van der Waals surface area contributed by atoms with Gasteiger partial charge in [0, 0.05) is 13.1 Å². The molecule has 1 atom stereocenters. The number of carboxylic acid groups (broad SMARTS) is 1. The molecular weight excluding hydrogens is 266 g/mol. The molecule has 1 aromatic rings. The standard InChI is InChI=1S/C17H25NO3/c1-3-17(16(19)20)9-4-10-18(13-17)11-12-21-15-7-5-14(2)6-8-15/h5-8H,3-4,9-13H2,1-2H3,(H,19,20). The van der Waals surface area contributed by atoms with Gasteiger partial charge in [-0.3, -0.25) is 9.69 Å². The molecule has 1 heterocycles. The number of carbonyl (C=O) groups is 1. The molecule has 0 spiro atoms. The number of rotatable bonds is 6. The largest absolute Gasteiger partial charge is 0.492 e. The van der Waals surface area contributed by atoms with Crippen molar-refractivity contribution in [1.29, 1.82) is 0 Å². The van der Waals surface area contributed by atoms with Crippen LogP contribution in [0.5, 0.6) is 5.75 Å². The fourth-order valence-electron chi connectivity index (χ4n) is 2.96. The minimum Gasteiger partial charge on any atom is -0.492 e. The van der Waals surface area contributed by atoms with Crippen LogP contribution < -0.4 is 4.74 Å². The molecule has 0 aromatic heterocycles. The summed E-state index contributed by atoms with van der Waals surface area (Å²) in [5.74, 6) is 0.215. The van der Waals surface area contributed by atoms with Crippen molar-refractivity contribution in [2.24, 2.45) is 5.41 Å². The van der Waals surface area contributed by atoms with Gasteiger partial charge in [0.2, 0.25) is 0 Å². The van der Waals surface area contributed by atoms with Crippen LogP contribution >= 0.6 is 0 Å². The van der Waals surface area contributed by atoms with Crippen LogP contribution in [0.15, 0.2) is 24.3 Å². The lowest BCUT2D eigenvalue weighted by Crippen LogP contribution is -2.48. The molecule has 2 rings (SSSR count). The second-order valence-corrected chi connectivity index (χ2v) is 5.98. The highest BCUT2D eigenvalue weighted by molar-refractivity contribution is 5.75. The van der Waals surface area contributed by atoms with E-state index in [9.17, 15) is 9.90 Å². The summed E-state index contributed by atoms with van der Waals surface area (Å²) in [5.41, 5.74) is 0.648. The van der Waals surface area contributed by atoms with Gasteiger partial charge in [0.15, 0.2) is 0 Å². The summed E-state index contributed by atoms with van der Waals surface area (Å²) in [5, 5.41) is 9.48. The van der Waals surface area contributed by atoms with Gasteiger partial charge in [-0.2, -0.15) is 0 Å². The maximum absolute atomic E-state index is 11.5. The number of nitrogens with zero attached hydrogens (tertiary/aromatic N) is 1. The Morgan fingerprint density at radius 2 is 2.10 bits per heavy atom. The first kappa shape index (κ1) is 15.8. The zero-order valence-electron chi connectivity index (χ0n) is 13.0. The van der Waals surface area contributed by atoms with E-state index in [0.717, 1.165) is 31.7 Å². The number of likely N-dealkylation sites (tertiary alicyclic amines) is 1. The van der Waals surface area contributed by atoms with Crippen molar-refractivity contribution in [2.45, 2.75) is 33.1 Å². The molecule has 4 nitrogen and oxygen atoms in total. The Morgan fingerprint density at radius 3 is 2.71 bits per heavy atom. The van der Waals surface area contributed by atoms with Gasteiger partial charge in [-0.1, -0.05) is 24.6 Å². The molecule has 0 radical (unpaired) electrons. The van der Waals surface area contributed by atoms with Crippen LogP contribution in [-0.2, 0) is 4.79 Å². The topological polar surface area (TPSA) is 49.8 Å². The molecular formula is C17H25NO3. The quantitative estimate of drug-likeness (QED) is 0.875. The predicted octanol–water partition coefficient (Wildman–Crippen LogP) is 2.95. The van der Waals surface area contributed by atoms with Gasteiger partial charge in [-0.15, -0.1) is 0 Å². The smallest absolute Gasteiger partial charge is 0.310 e. The molecule has 0 aliphatic carbocycles. The number of aliphatic carboxylic acids is 1. The third kappa shape index (κ3) is 3.97. The molecule has 1 aromatic carbocycles. The Hall–Kier alpha value is -1.55. The van der Waals surface area contributed by atoms with Crippen LogP contribution in [-0.4, -0.2) is 42.2 Å². The lowest BCUT2D eigenvalue weighted by Gasteiger charge is -2.39. The van der Waals surface area contributed by atoms with E-state index in [1.54, 1.807) is 0 Å². The first-order chi connectivity index (χ1) is 10.1. The van der Waals surface area contributed by atoms with Crippen molar-refractivity contribution in [3.8, 4) is 5.75 Å². The van der Waals surface area contributed by atoms with Crippen molar-refractivity contribution in [2.75, 3.05) is 26.2 Å². The predicted molar refractivity (Wildman–Crippen MR) is 82.7 cm³/mol. The van der Waals surface area contributed by atoms with Crippen molar-refractivity contribution >= 4 is 5.97 Å². The van der Waals surface area contributed by atoms with Crippen molar-refractivity contribution in [1.82, 2.24) is 4.90 Å². The van der Waals surface area contributed by atoms with Crippen molar-refractivity contribution in [3.63, 3.8) is 0 Å². The van der Waals surface area contributed by atoms with E-state index >= 15 is 0 Å². The molecule has 0 saturated carbocycles. The Balaban J connectivity index is 1.83. The number of hydrogen-bond donors (Lipinski definition) is 1. The molecule has 1 saturated heterocycles. The van der Waals surface area contributed by atoms with E-state index in [0.29, 0.717) is 19.6 Å². The van der Waals surface area contributed by atoms with Gasteiger partial charge in [0.05, 0.1) is 5.41 Å². The minimum atomic E-state index is -0.658. The number of hydrogen-bond acceptors (Lipinski definition) is 3. The Labute approximate surface area is 126 Å². The van der Waals surface area contributed by atoms with Crippen LogP contribution in [0.1, 0.15) is 31.7 Å². The molecule has 1 aliphatic rings. The lowest BCUT2D eigenvalue weighted by atomic mass is 9.78. The van der Waals surface area contributed by atoms with Gasteiger partial charge in [0.1, 0.15) is 12.4 Å². The number of benzene rings is 1. The summed E-state index contributed by atoms with van der Waals surface area (Å²) in [6.07, 6.45) is 2.43. The lowest BCUT2D eigenvalue weighted by molar-refractivity contribution is -0.153. The number of ether oxygens (including phenoxy) is 1. The van der Waals surface area contributed by atoms with Gasteiger partial charge in [-0.25, -0.2) is 0 Å². The van der Waals surface area contributed by atoms with E-state index < -0.39 is 11.4 Å². The van der Waals surface area contributed by atoms with Gasteiger partial charge >= 0.3 is 5.97 Å². The Kier molecular flexibility index (Phi) is 5.23. The fraction of sp³-hybridized carbons (Fsp3) is 0.588. The molecule has 1 aliphatic heterocycles. The van der Waals surface area contributed by atoms with E-state index in [4.69, 9.17) is 4.74 Å². The highest BCUT2D eigenvalue weighted by Gasteiger charge is 2.40. The molecule has 4 heteroatoms. The summed E-state index contributed by atoms with van der Waals surface area (Å²) in [6, 6.07) is 8.00. The zero-order valence-corrected chi connectivity index (χ0v) is 13.0. The number of aryl methyl sites for hydroxylation is 1. The molecule has 0 bridgehead atoms. The van der Waals surface area contributed by atoms with E-state index in [-0.39, 0.29) is 0 Å². The zero-order chi connectivity index (χ0) is 15.3. The molecule has 0 amide bonds. The summed E-state index contributed by atoms with van der Waals surface area (Å²) in [6.45, 7) is 7.00. The van der Waals surface area contributed by atoms with E-state index in [2.05, 4.69) is 4.90 Å². The molecule has 1 unspecified atom stereocenters. The van der Waals surface area contributed by atoms with Gasteiger partial charge in [0.25, 0.3) is 0 Å². The molecule has 1 fully saturated rings. The normalized spacial score (nSPS) is 23.0. The second-order valence-electron chi connectivity index (χ2n) is 5.98. The number of carboxylic acids is 1. The monoisotopic (exact) mass is 291 g/mol. The summed E-state index contributed by atoms with van der Waals surface area (Å²) >= 11 is 0. The second kappa shape index (κ2) is 6.94. The van der Waals surface area contributed by atoms with E-state index in [1.165, 1.54) is 5.56 Å². The van der Waals surface area contributed by atoms with Gasteiger partial charge in [-0.05, 0) is 44.9 Å². The minimum absolute atomic E-state index is 0.567. The maximum atomic E-state index is 11.5. The first-order valence-electron chi connectivity index (χ1n) is 7.71. The van der Waals surface area contributed by atoms with Crippen molar-refractivity contribution < 1.29 is 14.6 Å². The summed E-state index contributed by atoms with van der Waals surface area (Å²) < 4.78 is 5.74. The van der Waals surface area contributed by atoms with Crippen molar-refractivity contribution in [3.05, 3.63) is 29.8 Å². The number of piperidine rings is 1. The Morgan fingerprint density at radius 1 is 1.38 bits per heavy atom. The maximum Gasteiger partial charge on any atom is 0.310 e. The van der Waals surface area contributed by atoms with Crippen LogP contribution in [0.3, 0.4) is 0 Å². The molecule has 1 N–H and O–H groups in total. The molecule has 116 valence electrons. The summed E-state index contributed by atoms with van der Waals surface area (Å²) in [7, 11) is 0. The first-order valence-corrected chi connectivity index (χ1v) is 7.71. The third-order valence-corrected chi connectivity index (χ3v) is 4.48. The average Bonchev–Trinajstić information content (AvgIpc) is 2.49. The average molecular weight is 291 g/mol.